The van der Waals surface area contributed by atoms with Crippen LogP contribution < -0.4 is 5.32 Å². The lowest BCUT2D eigenvalue weighted by Gasteiger charge is -2.13. The van der Waals surface area contributed by atoms with Gasteiger partial charge in [-0.25, -0.2) is 0 Å². The van der Waals surface area contributed by atoms with E-state index in [1.807, 2.05) is 31.3 Å². The van der Waals surface area contributed by atoms with E-state index in [4.69, 9.17) is 4.42 Å². The standard InChI is InChI=1S/C17H19N3O/c1-12-8-9-16(21-12)17-15(11-19-20-17)10-18-13(2)14-6-4-3-5-7-14/h3-9,11,13,18H,10H2,1-2H3,(H,19,20). The zero-order valence-electron chi connectivity index (χ0n) is 12.3. The lowest BCUT2D eigenvalue weighted by molar-refractivity contribution is 0.542. The summed E-state index contributed by atoms with van der Waals surface area (Å²) in [5.41, 5.74) is 3.32. The minimum Gasteiger partial charge on any atom is -0.460 e. The van der Waals surface area contributed by atoms with Gasteiger partial charge in [0, 0.05) is 18.2 Å². The Kier molecular flexibility index (Phi) is 3.88. The minimum absolute atomic E-state index is 0.285. The highest BCUT2D eigenvalue weighted by molar-refractivity contribution is 5.56. The summed E-state index contributed by atoms with van der Waals surface area (Å²) in [6.07, 6.45) is 1.85. The molecule has 4 heteroatoms. The number of nitrogens with one attached hydrogen (secondary N) is 2. The molecule has 4 nitrogen and oxygen atoms in total. The molecule has 21 heavy (non-hydrogen) atoms. The Morgan fingerprint density at radius 1 is 1.19 bits per heavy atom. The van der Waals surface area contributed by atoms with E-state index in [-0.39, 0.29) is 6.04 Å². The second kappa shape index (κ2) is 5.97. The van der Waals surface area contributed by atoms with Crippen molar-refractivity contribution in [2.24, 2.45) is 0 Å². The number of hydrogen-bond donors (Lipinski definition) is 2. The molecule has 0 radical (unpaired) electrons. The summed E-state index contributed by atoms with van der Waals surface area (Å²) in [6, 6.07) is 14.6. The molecule has 0 saturated carbocycles. The number of hydrogen-bond acceptors (Lipinski definition) is 3. The minimum atomic E-state index is 0.285. The summed E-state index contributed by atoms with van der Waals surface area (Å²) >= 11 is 0. The highest BCUT2D eigenvalue weighted by Crippen LogP contribution is 2.23. The van der Waals surface area contributed by atoms with E-state index in [1.165, 1.54) is 5.56 Å². The summed E-state index contributed by atoms with van der Waals surface area (Å²) in [5, 5.41) is 10.7. The van der Waals surface area contributed by atoms with Crippen LogP contribution in [0.5, 0.6) is 0 Å². The maximum Gasteiger partial charge on any atom is 0.152 e. The molecule has 2 N–H and O–H groups in total. The van der Waals surface area contributed by atoms with Crippen molar-refractivity contribution in [3.8, 4) is 11.5 Å². The van der Waals surface area contributed by atoms with Gasteiger partial charge in [0.05, 0.1) is 6.20 Å². The molecule has 0 bridgehead atoms. The Labute approximate surface area is 124 Å². The van der Waals surface area contributed by atoms with Gasteiger partial charge in [-0.1, -0.05) is 30.3 Å². The first-order chi connectivity index (χ1) is 10.2. The lowest BCUT2D eigenvalue weighted by Crippen LogP contribution is -2.18. The third kappa shape index (κ3) is 3.06. The molecule has 0 fully saturated rings. The number of benzene rings is 1. The maximum absolute atomic E-state index is 5.66. The van der Waals surface area contributed by atoms with Crippen LogP contribution in [0, 0.1) is 6.92 Å². The van der Waals surface area contributed by atoms with Crippen molar-refractivity contribution in [1.29, 1.82) is 0 Å². The van der Waals surface area contributed by atoms with Gasteiger partial charge in [-0.15, -0.1) is 0 Å². The summed E-state index contributed by atoms with van der Waals surface area (Å²) in [4.78, 5) is 0. The molecule has 2 heterocycles. The largest absolute Gasteiger partial charge is 0.460 e. The topological polar surface area (TPSA) is 53.9 Å². The molecular weight excluding hydrogens is 262 g/mol. The van der Waals surface area contributed by atoms with E-state index in [1.54, 1.807) is 0 Å². The van der Waals surface area contributed by atoms with Crippen LogP contribution in [0.1, 0.15) is 29.9 Å². The van der Waals surface area contributed by atoms with Crippen LogP contribution in [0.25, 0.3) is 11.5 Å². The molecule has 0 amide bonds. The van der Waals surface area contributed by atoms with Crippen molar-refractivity contribution in [1.82, 2.24) is 15.5 Å². The molecule has 108 valence electrons. The van der Waals surface area contributed by atoms with Crippen LogP contribution in [0.15, 0.2) is 53.1 Å². The SMILES string of the molecule is Cc1ccc(-c2[nH]ncc2CNC(C)c2ccccc2)o1. The summed E-state index contributed by atoms with van der Waals surface area (Å²) < 4.78 is 5.66. The zero-order chi connectivity index (χ0) is 14.7. The van der Waals surface area contributed by atoms with Crippen LogP contribution >= 0.6 is 0 Å². The van der Waals surface area contributed by atoms with Gasteiger partial charge in [-0.2, -0.15) is 5.10 Å². The molecule has 3 rings (SSSR count). The number of furan rings is 1. The maximum atomic E-state index is 5.66. The molecule has 1 aromatic carbocycles. The monoisotopic (exact) mass is 281 g/mol. The Balaban J connectivity index is 1.71. The fraction of sp³-hybridized carbons (Fsp3) is 0.235. The third-order valence-corrected chi connectivity index (χ3v) is 3.60. The average Bonchev–Trinajstić information content (AvgIpc) is 3.14. The van der Waals surface area contributed by atoms with Crippen molar-refractivity contribution in [2.75, 3.05) is 0 Å². The second-order valence-corrected chi connectivity index (χ2v) is 5.19. The van der Waals surface area contributed by atoms with E-state index in [0.717, 1.165) is 29.3 Å². The fourth-order valence-electron chi connectivity index (χ4n) is 2.35. The summed E-state index contributed by atoms with van der Waals surface area (Å²) in [6.45, 7) is 4.84. The van der Waals surface area contributed by atoms with E-state index in [0.29, 0.717) is 0 Å². The van der Waals surface area contributed by atoms with E-state index < -0.39 is 0 Å². The number of nitrogens with zero attached hydrogens (tertiary/aromatic N) is 1. The molecule has 0 spiro atoms. The summed E-state index contributed by atoms with van der Waals surface area (Å²) in [7, 11) is 0. The Hall–Kier alpha value is -2.33. The summed E-state index contributed by atoms with van der Waals surface area (Å²) in [5.74, 6) is 1.73. The van der Waals surface area contributed by atoms with Gasteiger partial charge in [0.1, 0.15) is 11.5 Å². The van der Waals surface area contributed by atoms with Crippen LogP contribution in [-0.4, -0.2) is 10.2 Å². The number of aromatic nitrogens is 2. The predicted molar refractivity (Wildman–Crippen MR) is 82.7 cm³/mol. The zero-order valence-corrected chi connectivity index (χ0v) is 12.3. The highest BCUT2D eigenvalue weighted by Gasteiger charge is 2.12. The Bertz CT molecular complexity index is 700. The molecule has 0 aliphatic heterocycles. The number of H-pyrrole nitrogens is 1. The third-order valence-electron chi connectivity index (χ3n) is 3.60. The van der Waals surface area contributed by atoms with Gasteiger partial charge in [0.2, 0.25) is 0 Å². The smallest absolute Gasteiger partial charge is 0.152 e. The van der Waals surface area contributed by atoms with Crippen molar-refractivity contribution >= 4 is 0 Å². The quantitative estimate of drug-likeness (QED) is 0.747. The molecule has 2 aromatic heterocycles. The molecular formula is C17H19N3O. The van der Waals surface area contributed by atoms with Crippen molar-refractivity contribution in [2.45, 2.75) is 26.4 Å². The van der Waals surface area contributed by atoms with Crippen LogP contribution in [0.4, 0.5) is 0 Å². The van der Waals surface area contributed by atoms with Crippen molar-refractivity contribution in [3.63, 3.8) is 0 Å². The normalized spacial score (nSPS) is 12.5. The molecule has 0 saturated heterocycles. The first kappa shape index (κ1) is 13.6. The Morgan fingerprint density at radius 3 is 2.71 bits per heavy atom. The molecule has 1 unspecified atom stereocenters. The highest BCUT2D eigenvalue weighted by atomic mass is 16.3. The van der Waals surface area contributed by atoms with Gasteiger partial charge in [-0.3, -0.25) is 5.10 Å². The number of aryl methyl sites for hydroxylation is 1. The van der Waals surface area contributed by atoms with E-state index in [9.17, 15) is 0 Å². The lowest BCUT2D eigenvalue weighted by atomic mass is 10.1. The Morgan fingerprint density at radius 2 is 2.00 bits per heavy atom. The van der Waals surface area contributed by atoms with Crippen molar-refractivity contribution < 1.29 is 4.42 Å². The molecule has 1 atom stereocenters. The number of rotatable bonds is 5. The van der Waals surface area contributed by atoms with Crippen LogP contribution in [0.2, 0.25) is 0 Å². The first-order valence-corrected chi connectivity index (χ1v) is 7.11. The van der Waals surface area contributed by atoms with Crippen LogP contribution in [-0.2, 0) is 6.54 Å². The fourth-order valence-corrected chi connectivity index (χ4v) is 2.35. The van der Waals surface area contributed by atoms with Gasteiger partial charge in [0.25, 0.3) is 0 Å². The second-order valence-electron chi connectivity index (χ2n) is 5.19. The molecule has 3 aromatic rings. The van der Waals surface area contributed by atoms with Gasteiger partial charge in [0.15, 0.2) is 5.76 Å². The predicted octanol–water partition coefficient (Wildman–Crippen LogP) is 3.83. The van der Waals surface area contributed by atoms with Gasteiger partial charge in [-0.05, 0) is 31.5 Å². The van der Waals surface area contributed by atoms with E-state index in [2.05, 4.69) is 46.7 Å². The van der Waals surface area contributed by atoms with Gasteiger partial charge < -0.3 is 9.73 Å². The first-order valence-electron chi connectivity index (χ1n) is 7.11. The van der Waals surface area contributed by atoms with Crippen LogP contribution in [0.3, 0.4) is 0 Å². The number of aromatic amines is 1. The van der Waals surface area contributed by atoms with Crippen molar-refractivity contribution in [3.05, 3.63) is 65.5 Å². The average molecular weight is 281 g/mol. The van der Waals surface area contributed by atoms with E-state index >= 15 is 0 Å². The molecule has 0 aliphatic rings. The molecule has 0 aliphatic carbocycles. The van der Waals surface area contributed by atoms with Gasteiger partial charge >= 0.3 is 0 Å².